The van der Waals surface area contributed by atoms with E-state index >= 15 is 0 Å². The molecule has 0 bridgehead atoms. The number of hydrogen-bond donors (Lipinski definition) is 2. The third kappa shape index (κ3) is 2.28. The highest BCUT2D eigenvalue weighted by atomic mass is 16.2. The molecule has 0 radical (unpaired) electrons. The first-order valence-corrected chi connectivity index (χ1v) is 7.71. The Labute approximate surface area is 141 Å². The largest absolute Gasteiger partial charge is 0.357 e. The molecule has 0 aliphatic carbocycles. The monoisotopic (exact) mass is 337 g/mol. The zero-order valence-corrected chi connectivity index (χ0v) is 13.6. The third-order valence-electron chi connectivity index (χ3n) is 4.14. The molecule has 9 nitrogen and oxygen atoms in total. The summed E-state index contributed by atoms with van der Waals surface area (Å²) in [7, 11) is 1.53. The Morgan fingerprint density at radius 2 is 2.16 bits per heavy atom. The first-order valence-electron chi connectivity index (χ1n) is 7.71. The van der Waals surface area contributed by atoms with E-state index in [-0.39, 0.29) is 5.91 Å². The maximum absolute atomic E-state index is 12.3. The van der Waals surface area contributed by atoms with Crippen molar-refractivity contribution in [1.82, 2.24) is 34.4 Å². The van der Waals surface area contributed by atoms with Crippen LogP contribution in [0.25, 0.3) is 28.1 Å². The van der Waals surface area contributed by atoms with Gasteiger partial charge in [0.15, 0.2) is 11.5 Å². The van der Waals surface area contributed by atoms with Crippen molar-refractivity contribution in [2.24, 2.45) is 0 Å². The number of rotatable bonds is 3. The number of hydrogen-bond acceptors (Lipinski definition) is 5. The fraction of sp³-hybridized carbons (Fsp3) is 0.188. The number of aromatic amines is 1. The van der Waals surface area contributed by atoms with Gasteiger partial charge in [0.25, 0.3) is 0 Å². The summed E-state index contributed by atoms with van der Waals surface area (Å²) in [6, 6.07) is 4.99. The minimum atomic E-state index is -0.696. The second-order valence-electron chi connectivity index (χ2n) is 5.61. The van der Waals surface area contributed by atoms with Crippen LogP contribution in [0.2, 0.25) is 0 Å². The Balaban J connectivity index is 1.93. The smallest absolute Gasteiger partial charge is 0.328 e. The summed E-state index contributed by atoms with van der Waals surface area (Å²) in [6.45, 7) is 1.64. The highest BCUT2D eigenvalue weighted by Crippen LogP contribution is 2.22. The highest BCUT2D eigenvalue weighted by Gasteiger charge is 2.21. The zero-order valence-electron chi connectivity index (χ0n) is 13.6. The fourth-order valence-electron chi connectivity index (χ4n) is 2.84. The van der Waals surface area contributed by atoms with E-state index in [1.165, 1.54) is 11.6 Å². The molecular formula is C16H15N7O2. The molecule has 1 amide bonds. The summed E-state index contributed by atoms with van der Waals surface area (Å²) >= 11 is 0. The zero-order chi connectivity index (χ0) is 17.6. The number of fused-ring (bicyclic) bond motifs is 2. The van der Waals surface area contributed by atoms with E-state index in [4.69, 9.17) is 0 Å². The maximum atomic E-state index is 12.3. The molecule has 4 aromatic rings. The molecule has 25 heavy (non-hydrogen) atoms. The van der Waals surface area contributed by atoms with Gasteiger partial charge in [-0.1, -0.05) is 6.07 Å². The van der Waals surface area contributed by atoms with Gasteiger partial charge in [-0.25, -0.2) is 19.3 Å². The number of carbonyl (C=O) groups is 1. The molecule has 2 N–H and O–H groups in total. The number of H-pyrrole nitrogens is 1. The van der Waals surface area contributed by atoms with Crippen LogP contribution >= 0.6 is 0 Å². The molecule has 0 aliphatic rings. The van der Waals surface area contributed by atoms with Crippen LogP contribution in [0.3, 0.4) is 0 Å². The number of pyridine rings is 1. The number of aromatic nitrogens is 6. The lowest BCUT2D eigenvalue weighted by Crippen LogP contribution is -2.33. The molecule has 4 heterocycles. The molecule has 4 rings (SSSR count). The van der Waals surface area contributed by atoms with Gasteiger partial charge in [-0.15, -0.1) is 0 Å². The van der Waals surface area contributed by atoms with Crippen molar-refractivity contribution in [3.63, 3.8) is 0 Å². The Hall–Kier alpha value is -3.49. The summed E-state index contributed by atoms with van der Waals surface area (Å²) in [5.41, 5.74) is 2.04. The van der Waals surface area contributed by atoms with E-state index in [1.54, 1.807) is 23.8 Å². The van der Waals surface area contributed by atoms with Crippen molar-refractivity contribution in [2.75, 3.05) is 7.05 Å². The van der Waals surface area contributed by atoms with Gasteiger partial charge in [0.2, 0.25) is 5.91 Å². The van der Waals surface area contributed by atoms with Crippen LogP contribution < -0.4 is 11.0 Å². The van der Waals surface area contributed by atoms with E-state index in [2.05, 4.69) is 25.4 Å². The Morgan fingerprint density at radius 1 is 1.32 bits per heavy atom. The number of amides is 1. The molecule has 0 aliphatic heterocycles. The van der Waals surface area contributed by atoms with Crippen molar-refractivity contribution in [1.29, 1.82) is 0 Å². The predicted molar refractivity (Wildman–Crippen MR) is 91.1 cm³/mol. The minimum absolute atomic E-state index is 0.279. The highest BCUT2D eigenvalue weighted by molar-refractivity contribution is 5.83. The van der Waals surface area contributed by atoms with E-state index in [9.17, 15) is 9.59 Å². The van der Waals surface area contributed by atoms with Crippen LogP contribution in [0.5, 0.6) is 0 Å². The summed E-state index contributed by atoms with van der Waals surface area (Å²) in [4.78, 5) is 35.7. The van der Waals surface area contributed by atoms with Crippen LogP contribution in [0.1, 0.15) is 13.0 Å². The predicted octanol–water partition coefficient (Wildman–Crippen LogP) is 0.741. The summed E-state index contributed by atoms with van der Waals surface area (Å²) in [5, 5.41) is 6.82. The number of carbonyl (C=O) groups excluding carboxylic acids is 1. The van der Waals surface area contributed by atoms with Crippen LogP contribution in [-0.4, -0.2) is 42.1 Å². The van der Waals surface area contributed by atoms with E-state index in [1.807, 2.05) is 24.4 Å². The van der Waals surface area contributed by atoms with Gasteiger partial charge in [-0.05, 0) is 19.1 Å². The molecule has 126 valence electrons. The van der Waals surface area contributed by atoms with Gasteiger partial charge in [0.1, 0.15) is 11.6 Å². The second-order valence-corrected chi connectivity index (χ2v) is 5.61. The average molecular weight is 337 g/mol. The fourth-order valence-corrected chi connectivity index (χ4v) is 2.84. The quantitative estimate of drug-likeness (QED) is 0.573. The van der Waals surface area contributed by atoms with E-state index < -0.39 is 11.7 Å². The summed E-state index contributed by atoms with van der Waals surface area (Å²) < 4.78 is 3.05. The molecular weight excluding hydrogens is 322 g/mol. The number of nitrogens with one attached hydrogen (secondary N) is 2. The van der Waals surface area contributed by atoms with Crippen LogP contribution in [0.4, 0.5) is 0 Å². The summed E-state index contributed by atoms with van der Waals surface area (Å²) in [5.74, 6) is 0.157. The lowest BCUT2D eigenvalue weighted by atomic mass is 10.2. The van der Waals surface area contributed by atoms with Gasteiger partial charge in [-0.3, -0.25) is 9.36 Å². The number of imidazole rings is 1. The molecule has 1 atom stereocenters. The normalized spacial score (nSPS) is 12.6. The first-order chi connectivity index (χ1) is 12.1. The van der Waals surface area contributed by atoms with Gasteiger partial charge in [-0.2, -0.15) is 5.10 Å². The summed E-state index contributed by atoms with van der Waals surface area (Å²) in [6.07, 6.45) is 5.05. The van der Waals surface area contributed by atoms with E-state index in [0.29, 0.717) is 17.0 Å². The molecule has 0 fully saturated rings. The second kappa shape index (κ2) is 5.55. The van der Waals surface area contributed by atoms with Crippen LogP contribution in [-0.2, 0) is 4.79 Å². The van der Waals surface area contributed by atoms with Crippen molar-refractivity contribution < 1.29 is 4.79 Å². The molecule has 9 heteroatoms. The van der Waals surface area contributed by atoms with Crippen molar-refractivity contribution >= 4 is 22.6 Å². The SMILES string of the molecule is CNC(=O)C(C)n1c(=O)[nH]c2cnc(-c3cnn4ccccc34)nc21. The Kier molecular flexibility index (Phi) is 3.34. The van der Waals surface area contributed by atoms with Gasteiger partial charge in [0.05, 0.1) is 23.5 Å². The van der Waals surface area contributed by atoms with Gasteiger partial charge < -0.3 is 10.3 Å². The van der Waals surface area contributed by atoms with Crippen molar-refractivity contribution in [2.45, 2.75) is 13.0 Å². The number of nitrogens with zero attached hydrogens (tertiary/aromatic N) is 5. The number of likely N-dealkylation sites (N-methyl/N-ethyl adjacent to an activating group) is 1. The third-order valence-corrected chi connectivity index (χ3v) is 4.14. The minimum Gasteiger partial charge on any atom is -0.357 e. The van der Waals surface area contributed by atoms with Crippen LogP contribution in [0, 0.1) is 0 Å². The first kappa shape index (κ1) is 15.1. The van der Waals surface area contributed by atoms with Crippen LogP contribution in [0.15, 0.2) is 41.6 Å². The molecule has 0 saturated heterocycles. The van der Waals surface area contributed by atoms with Gasteiger partial charge >= 0.3 is 5.69 Å². The lowest BCUT2D eigenvalue weighted by Gasteiger charge is -2.11. The average Bonchev–Trinajstić information content (AvgIpc) is 3.20. The van der Waals surface area contributed by atoms with Gasteiger partial charge in [0, 0.05) is 13.2 Å². The Morgan fingerprint density at radius 3 is 2.96 bits per heavy atom. The Bertz CT molecular complexity index is 1150. The van der Waals surface area contributed by atoms with E-state index in [0.717, 1.165) is 11.1 Å². The molecule has 0 spiro atoms. The molecule has 0 saturated carbocycles. The van der Waals surface area contributed by atoms with Crippen molar-refractivity contribution in [3.05, 3.63) is 47.3 Å². The maximum Gasteiger partial charge on any atom is 0.328 e. The standard InChI is InChI=1S/C16H15N7O2/c1-9(15(24)17-2)23-14-11(20-16(23)25)8-18-13(21-14)10-7-19-22-6-4-3-5-12(10)22/h3-9H,1-2H3,(H,17,24)(H,20,25). The topological polar surface area (TPSA) is 110 Å². The molecule has 4 aromatic heterocycles. The lowest BCUT2D eigenvalue weighted by molar-refractivity contribution is -0.123. The molecule has 1 unspecified atom stereocenters. The molecule has 0 aromatic carbocycles. The van der Waals surface area contributed by atoms with Crippen molar-refractivity contribution in [3.8, 4) is 11.4 Å².